The van der Waals surface area contributed by atoms with E-state index >= 15 is 0 Å². The van der Waals surface area contributed by atoms with Gasteiger partial charge in [-0.1, -0.05) is 23.2 Å². The highest BCUT2D eigenvalue weighted by Crippen LogP contribution is 2.22. The molecule has 0 saturated carbocycles. The molecule has 110 valence electrons. The highest BCUT2D eigenvalue weighted by molar-refractivity contribution is 6.33. The van der Waals surface area contributed by atoms with Crippen molar-refractivity contribution in [3.63, 3.8) is 0 Å². The lowest BCUT2D eigenvalue weighted by Crippen LogP contribution is -2.06. The summed E-state index contributed by atoms with van der Waals surface area (Å²) >= 11 is 17.5. The summed E-state index contributed by atoms with van der Waals surface area (Å²) in [4.78, 5) is 19.4. The standard InChI is InChI=1S/C13H10Cl3N3O2/c1-21-12(20)9-4-7(2-3-10(9)14)17-6-8-5-11(15)19-13(16)18-8/h2-5,17H,6H2,1H3. The number of ether oxygens (including phenoxy) is 1. The molecule has 0 aliphatic rings. The highest BCUT2D eigenvalue weighted by Gasteiger charge is 2.11. The highest BCUT2D eigenvalue weighted by atomic mass is 35.5. The van der Waals surface area contributed by atoms with Crippen molar-refractivity contribution in [2.75, 3.05) is 12.4 Å². The van der Waals surface area contributed by atoms with Crippen LogP contribution in [0.1, 0.15) is 16.1 Å². The molecule has 0 bridgehead atoms. The molecule has 1 heterocycles. The van der Waals surface area contributed by atoms with E-state index in [9.17, 15) is 4.79 Å². The molecule has 0 radical (unpaired) electrons. The van der Waals surface area contributed by atoms with Crippen molar-refractivity contribution in [3.8, 4) is 0 Å². The van der Waals surface area contributed by atoms with Crippen LogP contribution in [0.5, 0.6) is 0 Å². The number of hydrogen-bond acceptors (Lipinski definition) is 5. The first-order chi connectivity index (χ1) is 9.99. The van der Waals surface area contributed by atoms with E-state index in [0.717, 1.165) is 0 Å². The summed E-state index contributed by atoms with van der Waals surface area (Å²) in [5.41, 5.74) is 1.59. The molecular formula is C13H10Cl3N3O2. The lowest BCUT2D eigenvalue weighted by Gasteiger charge is -2.09. The van der Waals surface area contributed by atoms with E-state index in [1.54, 1.807) is 24.3 Å². The van der Waals surface area contributed by atoms with Crippen LogP contribution in [-0.2, 0) is 11.3 Å². The van der Waals surface area contributed by atoms with Crippen molar-refractivity contribution in [2.24, 2.45) is 0 Å². The van der Waals surface area contributed by atoms with Gasteiger partial charge in [-0.25, -0.2) is 14.8 Å². The van der Waals surface area contributed by atoms with Crippen LogP contribution in [0, 0.1) is 0 Å². The van der Waals surface area contributed by atoms with Crippen LogP contribution < -0.4 is 5.32 Å². The van der Waals surface area contributed by atoms with Crippen LogP contribution in [0.3, 0.4) is 0 Å². The van der Waals surface area contributed by atoms with E-state index in [0.29, 0.717) is 22.9 Å². The Morgan fingerprint density at radius 1 is 1.24 bits per heavy atom. The number of halogens is 3. The van der Waals surface area contributed by atoms with E-state index in [4.69, 9.17) is 34.8 Å². The van der Waals surface area contributed by atoms with Crippen LogP contribution in [0.4, 0.5) is 5.69 Å². The molecule has 1 aromatic carbocycles. The molecule has 0 amide bonds. The molecule has 8 heteroatoms. The second kappa shape index (κ2) is 6.93. The van der Waals surface area contributed by atoms with Gasteiger partial charge in [-0.05, 0) is 35.9 Å². The Morgan fingerprint density at radius 2 is 2.00 bits per heavy atom. The molecule has 21 heavy (non-hydrogen) atoms. The molecule has 1 aromatic heterocycles. The minimum atomic E-state index is -0.503. The van der Waals surface area contributed by atoms with Gasteiger partial charge >= 0.3 is 5.97 Å². The SMILES string of the molecule is COC(=O)c1cc(NCc2cc(Cl)nc(Cl)n2)ccc1Cl. The van der Waals surface area contributed by atoms with Crippen molar-refractivity contribution >= 4 is 46.5 Å². The molecule has 2 rings (SSSR count). The van der Waals surface area contributed by atoms with Gasteiger partial charge in [0.2, 0.25) is 5.28 Å². The van der Waals surface area contributed by atoms with Crippen LogP contribution in [0.15, 0.2) is 24.3 Å². The van der Waals surface area contributed by atoms with Gasteiger partial charge in [-0.2, -0.15) is 0 Å². The summed E-state index contributed by atoms with van der Waals surface area (Å²) in [7, 11) is 1.30. The smallest absolute Gasteiger partial charge is 0.339 e. The number of nitrogens with zero attached hydrogens (tertiary/aromatic N) is 2. The zero-order valence-electron chi connectivity index (χ0n) is 10.9. The molecule has 0 aliphatic carbocycles. The summed E-state index contributed by atoms with van der Waals surface area (Å²) in [6, 6.07) is 6.53. The molecule has 0 saturated heterocycles. The first-order valence-corrected chi connectivity index (χ1v) is 6.93. The van der Waals surface area contributed by atoms with Crippen molar-refractivity contribution in [2.45, 2.75) is 6.54 Å². The minimum absolute atomic E-state index is 0.0747. The van der Waals surface area contributed by atoms with Crippen molar-refractivity contribution in [1.29, 1.82) is 0 Å². The van der Waals surface area contributed by atoms with Crippen molar-refractivity contribution in [1.82, 2.24) is 9.97 Å². The third kappa shape index (κ3) is 4.20. The summed E-state index contributed by atoms with van der Waals surface area (Å²) in [5, 5.41) is 3.74. The maximum absolute atomic E-state index is 11.6. The van der Waals surface area contributed by atoms with E-state index in [2.05, 4.69) is 20.0 Å². The molecule has 0 atom stereocenters. The van der Waals surface area contributed by atoms with Crippen LogP contribution in [0.2, 0.25) is 15.5 Å². The fraction of sp³-hybridized carbons (Fsp3) is 0.154. The Hall–Kier alpha value is -1.56. The number of aromatic nitrogens is 2. The zero-order chi connectivity index (χ0) is 15.4. The summed E-state index contributed by atoms with van der Waals surface area (Å²) in [6.07, 6.45) is 0. The quantitative estimate of drug-likeness (QED) is 0.518. The molecule has 0 unspecified atom stereocenters. The van der Waals surface area contributed by atoms with Gasteiger partial charge in [0.25, 0.3) is 0 Å². The Balaban J connectivity index is 2.15. The second-order valence-electron chi connectivity index (χ2n) is 3.99. The van der Waals surface area contributed by atoms with Gasteiger partial charge in [0.05, 0.1) is 29.9 Å². The minimum Gasteiger partial charge on any atom is -0.465 e. The topological polar surface area (TPSA) is 64.1 Å². The monoisotopic (exact) mass is 345 g/mol. The van der Waals surface area contributed by atoms with Gasteiger partial charge in [0, 0.05) is 5.69 Å². The number of carbonyl (C=O) groups excluding carboxylic acids is 1. The number of carbonyl (C=O) groups is 1. The lowest BCUT2D eigenvalue weighted by atomic mass is 10.2. The number of nitrogens with one attached hydrogen (secondary N) is 1. The Labute approximate surface area is 136 Å². The third-order valence-corrected chi connectivity index (χ3v) is 3.26. The van der Waals surface area contributed by atoms with E-state index < -0.39 is 5.97 Å². The molecule has 0 fully saturated rings. The Kier molecular flexibility index (Phi) is 5.22. The summed E-state index contributed by atoms with van der Waals surface area (Å²) in [5.74, 6) is -0.503. The van der Waals surface area contributed by atoms with Gasteiger partial charge in [-0.15, -0.1) is 0 Å². The van der Waals surface area contributed by atoms with Crippen molar-refractivity contribution in [3.05, 3.63) is 51.0 Å². The zero-order valence-corrected chi connectivity index (χ0v) is 13.1. The van der Waals surface area contributed by atoms with Gasteiger partial charge in [-0.3, -0.25) is 0 Å². The van der Waals surface area contributed by atoms with Crippen LogP contribution in [-0.4, -0.2) is 23.0 Å². The normalized spacial score (nSPS) is 10.3. The third-order valence-electron chi connectivity index (χ3n) is 2.57. The summed E-state index contributed by atoms with van der Waals surface area (Å²) < 4.78 is 4.66. The molecule has 1 N–H and O–H groups in total. The predicted molar refractivity (Wildman–Crippen MR) is 82.2 cm³/mol. The Morgan fingerprint density at radius 3 is 2.67 bits per heavy atom. The van der Waals surface area contributed by atoms with Crippen LogP contribution in [0.25, 0.3) is 0 Å². The molecule has 0 aliphatic heterocycles. The van der Waals surface area contributed by atoms with Crippen LogP contribution >= 0.6 is 34.8 Å². The van der Waals surface area contributed by atoms with Gasteiger partial charge < -0.3 is 10.1 Å². The largest absolute Gasteiger partial charge is 0.465 e. The maximum atomic E-state index is 11.6. The lowest BCUT2D eigenvalue weighted by molar-refractivity contribution is 0.0601. The molecular weight excluding hydrogens is 337 g/mol. The van der Waals surface area contributed by atoms with E-state index in [1.807, 2.05) is 0 Å². The number of anilines is 1. The number of rotatable bonds is 4. The average Bonchev–Trinajstić information content (AvgIpc) is 2.44. The fourth-order valence-corrected chi connectivity index (χ4v) is 2.26. The first-order valence-electron chi connectivity index (χ1n) is 5.80. The van der Waals surface area contributed by atoms with Gasteiger partial charge in [0.15, 0.2) is 0 Å². The molecule has 0 spiro atoms. The van der Waals surface area contributed by atoms with Gasteiger partial charge in [0.1, 0.15) is 5.15 Å². The first kappa shape index (κ1) is 15.8. The molecule has 2 aromatic rings. The second-order valence-corrected chi connectivity index (χ2v) is 5.12. The van der Waals surface area contributed by atoms with E-state index in [-0.39, 0.29) is 16.0 Å². The fourth-order valence-electron chi connectivity index (χ4n) is 1.62. The number of hydrogen-bond donors (Lipinski definition) is 1. The Bertz CT molecular complexity index is 659. The maximum Gasteiger partial charge on any atom is 0.339 e. The number of methoxy groups -OCH3 is 1. The van der Waals surface area contributed by atoms with Crippen molar-refractivity contribution < 1.29 is 9.53 Å². The number of esters is 1. The average molecular weight is 347 g/mol. The van der Waals surface area contributed by atoms with E-state index in [1.165, 1.54) is 7.11 Å². The number of benzene rings is 1. The molecule has 5 nitrogen and oxygen atoms in total. The predicted octanol–water partition coefficient (Wildman–Crippen LogP) is 3.84. The summed E-state index contributed by atoms with van der Waals surface area (Å²) in [6.45, 7) is 0.365.